The number of aliphatic hydroxyl groups excluding tert-OH is 1. The summed E-state index contributed by atoms with van der Waals surface area (Å²) in [5, 5.41) is 10.3. The monoisotopic (exact) mass is 260 g/mol. The first kappa shape index (κ1) is 14.4. The summed E-state index contributed by atoms with van der Waals surface area (Å²) in [6.45, 7) is 3.26. The summed E-state index contributed by atoms with van der Waals surface area (Å²) < 4.78 is 18.2. The largest absolute Gasteiger partial charge is 0.393 e. The third kappa shape index (κ3) is 5.48. The lowest BCUT2D eigenvalue weighted by Gasteiger charge is -2.11. The van der Waals surface area contributed by atoms with Crippen LogP contribution >= 0.6 is 11.6 Å². The average Bonchev–Trinajstić information content (AvgIpc) is 2.29. The molecule has 0 aliphatic rings. The lowest BCUT2D eigenvalue weighted by Crippen LogP contribution is -2.12. The first-order chi connectivity index (χ1) is 8.13. The van der Waals surface area contributed by atoms with E-state index in [2.05, 4.69) is 0 Å². The molecule has 0 aliphatic heterocycles. The quantitative estimate of drug-likeness (QED) is 0.763. The molecule has 1 aromatic carbocycles. The summed E-state index contributed by atoms with van der Waals surface area (Å²) in [5.41, 5.74) is 0.649. The molecule has 0 saturated heterocycles. The SMILES string of the molecule is CCOCCCC(O)Cc1cc(F)ccc1Cl. The summed E-state index contributed by atoms with van der Waals surface area (Å²) in [5.74, 6) is -0.328. The maximum Gasteiger partial charge on any atom is 0.123 e. The summed E-state index contributed by atoms with van der Waals surface area (Å²) in [7, 11) is 0. The smallest absolute Gasteiger partial charge is 0.123 e. The number of aliphatic hydroxyl groups is 1. The van der Waals surface area contributed by atoms with Crippen LogP contribution < -0.4 is 0 Å². The minimum Gasteiger partial charge on any atom is -0.393 e. The molecular formula is C13H18ClFO2. The van der Waals surface area contributed by atoms with Gasteiger partial charge in [-0.1, -0.05) is 11.6 Å². The standard InChI is InChI=1S/C13H18ClFO2/c1-2-17-7-3-4-12(16)9-10-8-11(15)5-6-13(10)14/h5-6,8,12,16H,2-4,7,9H2,1H3. The van der Waals surface area contributed by atoms with E-state index in [1.54, 1.807) is 0 Å². The van der Waals surface area contributed by atoms with Crippen LogP contribution in [0.2, 0.25) is 5.02 Å². The molecule has 1 rings (SSSR count). The Balaban J connectivity index is 2.39. The van der Waals surface area contributed by atoms with Crippen LogP contribution in [0.5, 0.6) is 0 Å². The predicted molar refractivity (Wildman–Crippen MR) is 66.8 cm³/mol. The zero-order valence-electron chi connectivity index (χ0n) is 9.96. The van der Waals surface area contributed by atoms with E-state index in [-0.39, 0.29) is 5.82 Å². The summed E-state index contributed by atoms with van der Waals surface area (Å²) in [6.07, 6.45) is 1.30. The van der Waals surface area contributed by atoms with Gasteiger partial charge in [0.05, 0.1) is 6.10 Å². The molecule has 0 aliphatic carbocycles. The Labute approximate surface area is 106 Å². The van der Waals surface area contributed by atoms with E-state index in [0.717, 1.165) is 6.42 Å². The highest BCUT2D eigenvalue weighted by atomic mass is 35.5. The highest BCUT2D eigenvalue weighted by molar-refractivity contribution is 6.31. The Morgan fingerprint density at radius 3 is 2.94 bits per heavy atom. The van der Waals surface area contributed by atoms with Crippen molar-refractivity contribution in [1.82, 2.24) is 0 Å². The highest BCUT2D eigenvalue weighted by Gasteiger charge is 2.09. The van der Waals surface area contributed by atoms with E-state index in [1.165, 1.54) is 18.2 Å². The van der Waals surface area contributed by atoms with Gasteiger partial charge in [-0.2, -0.15) is 0 Å². The van der Waals surface area contributed by atoms with Gasteiger partial charge in [0.15, 0.2) is 0 Å². The van der Waals surface area contributed by atoms with Crippen LogP contribution in [0, 0.1) is 5.82 Å². The van der Waals surface area contributed by atoms with Gasteiger partial charge >= 0.3 is 0 Å². The van der Waals surface area contributed by atoms with Crippen molar-refractivity contribution in [3.63, 3.8) is 0 Å². The number of rotatable bonds is 7. The van der Waals surface area contributed by atoms with Crippen molar-refractivity contribution < 1.29 is 14.2 Å². The summed E-state index contributed by atoms with van der Waals surface area (Å²) >= 11 is 5.92. The lowest BCUT2D eigenvalue weighted by molar-refractivity contribution is 0.114. The summed E-state index contributed by atoms with van der Waals surface area (Å²) in [4.78, 5) is 0. The molecule has 0 radical (unpaired) electrons. The predicted octanol–water partition coefficient (Wildman–Crippen LogP) is 3.20. The van der Waals surface area contributed by atoms with Crippen molar-refractivity contribution in [3.05, 3.63) is 34.6 Å². The van der Waals surface area contributed by atoms with E-state index in [1.807, 2.05) is 6.92 Å². The Morgan fingerprint density at radius 2 is 2.24 bits per heavy atom. The van der Waals surface area contributed by atoms with E-state index in [0.29, 0.717) is 36.6 Å². The van der Waals surface area contributed by atoms with E-state index < -0.39 is 6.10 Å². The van der Waals surface area contributed by atoms with Gasteiger partial charge in [-0.3, -0.25) is 0 Å². The van der Waals surface area contributed by atoms with Gasteiger partial charge in [0, 0.05) is 18.2 Å². The van der Waals surface area contributed by atoms with Crippen molar-refractivity contribution in [1.29, 1.82) is 0 Å². The molecule has 0 bridgehead atoms. The number of ether oxygens (including phenoxy) is 1. The number of hydrogen-bond acceptors (Lipinski definition) is 2. The van der Waals surface area contributed by atoms with Crippen molar-refractivity contribution in [3.8, 4) is 0 Å². The van der Waals surface area contributed by atoms with Gasteiger partial charge in [-0.05, 0) is 49.9 Å². The average molecular weight is 261 g/mol. The second-order valence-electron chi connectivity index (χ2n) is 3.93. The van der Waals surface area contributed by atoms with Crippen LogP contribution in [0.3, 0.4) is 0 Å². The van der Waals surface area contributed by atoms with E-state index in [4.69, 9.17) is 16.3 Å². The minimum atomic E-state index is -0.505. The van der Waals surface area contributed by atoms with Crippen LogP contribution in [0.15, 0.2) is 18.2 Å². The molecule has 0 amide bonds. The third-order valence-electron chi connectivity index (χ3n) is 2.49. The topological polar surface area (TPSA) is 29.5 Å². The van der Waals surface area contributed by atoms with Crippen molar-refractivity contribution >= 4 is 11.6 Å². The highest BCUT2D eigenvalue weighted by Crippen LogP contribution is 2.19. The number of benzene rings is 1. The normalized spacial score (nSPS) is 12.7. The number of halogens is 2. The second-order valence-corrected chi connectivity index (χ2v) is 4.34. The first-order valence-electron chi connectivity index (χ1n) is 5.83. The molecule has 2 nitrogen and oxygen atoms in total. The van der Waals surface area contributed by atoms with Crippen molar-refractivity contribution in [2.45, 2.75) is 32.3 Å². The minimum absolute atomic E-state index is 0.328. The van der Waals surface area contributed by atoms with Gasteiger partial charge < -0.3 is 9.84 Å². The summed E-state index contributed by atoms with van der Waals surface area (Å²) in [6, 6.07) is 4.19. The molecule has 1 aromatic rings. The van der Waals surface area contributed by atoms with Gasteiger partial charge in [-0.25, -0.2) is 4.39 Å². The maximum atomic E-state index is 13.0. The Bertz CT molecular complexity index is 344. The molecule has 0 aromatic heterocycles. The lowest BCUT2D eigenvalue weighted by atomic mass is 10.0. The molecule has 96 valence electrons. The second kappa shape index (κ2) is 7.64. The molecular weight excluding hydrogens is 243 g/mol. The van der Waals surface area contributed by atoms with E-state index in [9.17, 15) is 9.50 Å². The molecule has 0 fully saturated rings. The van der Waals surface area contributed by atoms with Crippen molar-refractivity contribution in [2.24, 2.45) is 0 Å². The van der Waals surface area contributed by atoms with Crippen molar-refractivity contribution in [2.75, 3.05) is 13.2 Å². The maximum absolute atomic E-state index is 13.0. The van der Waals surface area contributed by atoms with Crippen LogP contribution in [-0.4, -0.2) is 24.4 Å². The van der Waals surface area contributed by atoms with Crippen LogP contribution in [0.25, 0.3) is 0 Å². The van der Waals surface area contributed by atoms with Crippen LogP contribution in [0.4, 0.5) is 4.39 Å². The fourth-order valence-electron chi connectivity index (χ4n) is 1.62. The molecule has 0 saturated carbocycles. The van der Waals surface area contributed by atoms with Gasteiger partial charge in [0.25, 0.3) is 0 Å². The molecule has 1 atom stereocenters. The molecule has 0 heterocycles. The van der Waals surface area contributed by atoms with Crippen LogP contribution in [-0.2, 0) is 11.2 Å². The molecule has 1 unspecified atom stereocenters. The molecule has 1 N–H and O–H groups in total. The Hall–Kier alpha value is -0.640. The Kier molecular flexibility index (Phi) is 6.48. The van der Waals surface area contributed by atoms with Gasteiger partial charge in [0.1, 0.15) is 5.82 Å². The Morgan fingerprint density at radius 1 is 1.47 bits per heavy atom. The van der Waals surface area contributed by atoms with E-state index >= 15 is 0 Å². The molecule has 0 spiro atoms. The fraction of sp³-hybridized carbons (Fsp3) is 0.538. The first-order valence-corrected chi connectivity index (χ1v) is 6.21. The molecule has 4 heteroatoms. The zero-order chi connectivity index (χ0) is 12.7. The molecule has 17 heavy (non-hydrogen) atoms. The van der Waals surface area contributed by atoms with Gasteiger partial charge in [0.2, 0.25) is 0 Å². The number of hydrogen-bond donors (Lipinski definition) is 1. The van der Waals surface area contributed by atoms with Gasteiger partial charge in [-0.15, -0.1) is 0 Å². The zero-order valence-corrected chi connectivity index (χ0v) is 10.7. The van der Waals surface area contributed by atoms with Crippen LogP contribution in [0.1, 0.15) is 25.3 Å². The third-order valence-corrected chi connectivity index (χ3v) is 2.86. The fourth-order valence-corrected chi connectivity index (χ4v) is 1.82.